The zero-order valence-electron chi connectivity index (χ0n) is 10.2. The van der Waals surface area contributed by atoms with Crippen LogP contribution >= 0.6 is 27.7 Å². The van der Waals surface area contributed by atoms with Gasteiger partial charge in [0.2, 0.25) is 0 Å². The summed E-state index contributed by atoms with van der Waals surface area (Å²) in [5.74, 6) is 1.38. The monoisotopic (exact) mass is 324 g/mol. The molecule has 3 nitrogen and oxygen atoms in total. The highest BCUT2D eigenvalue weighted by Gasteiger charge is 2.04. The van der Waals surface area contributed by atoms with Gasteiger partial charge in [0, 0.05) is 20.6 Å². The van der Waals surface area contributed by atoms with E-state index in [1.54, 1.807) is 18.7 Å². The molecular formula is C13H13BrN2OS. The van der Waals surface area contributed by atoms with Gasteiger partial charge in [-0.2, -0.15) is 0 Å². The number of nitrogens with one attached hydrogen (secondary N) is 1. The van der Waals surface area contributed by atoms with Gasteiger partial charge in [-0.15, -0.1) is 11.8 Å². The first-order valence-corrected chi connectivity index (χ1v) is 7.29. The van der Waals surface area contributed by atoms with Crippen molar-refractivity contribution < 1.29 is 0 Å². The highest BCUT2D eigenvalue weighted by Crippen LogP contribution is 2.24. The van der Waals surface area contributed by atoms with E-state index in [0.717, 1.165) is 15.1 Å². The predicted molar refractivity (Wildman–Crippen MR) is 78.0 cm³/mol. The lowest BCUT2D eigenvalue weighted by molar-refractivity contribution is 0.942. The van der Waals surface area contributed by atoms with E-state index in [0.29, 0.717) is 17.1 Å². The van der Waals surface area contributed by atoms with E-state index in [9.17, 15) is 4.79 Å². The number of nitrogens with zero attached hydrogens (tertiary/aromatic N) is 1. The molecule has 0 aliphatic rings. The van der Waals surface area contributed by atoms with Gasteiger partial charge in [0.1, 0.15) is 5.82 Å². The van der Waals surface area contributed by atoms with Crippen LogP contribution in [0.15, 0.2) is 38.4 Å². The number of halogens is 1. The third-order valence-corrected chi connectivity index (χ3v) is 4.11. The lowest BCUT2D eigenvalue weighted by Crippen LogP contribution is -2.15. The molecule has 94 valence electrons. The Balaban J connectivity index is 2.14. The number of hydrogen-bond acceptors (Lipinski definition) is 3. The minimum atomic E-state index is -0.0488. The number of aryl methyl sites for hydroxylation is 1. The minimum Gasteiger partial charge on any atom is -0.310 e. The second kappa shape index (κ2) is 5.71. The van der Waals surface area contributed by atoms with E-state index in [4.69, 9.17) is 0 Å². The van der Waals surface area contributed by atoms with E-state index < -0.39 is 0 Å². The first-order chi connectivity index (χ1) is 8.56. The third kappa shape index (κ3) is 3.23. The zero-order chi connectivity index (χ0) is 13.1. The van der Waals surface area contributed by atoms with Crippen molar-refractivity contribution in [2.24, 2.45) is 0 Å². The lowest BCUT2D eigenvalue weighted by atomic mass is 10.3. The van der Waals surface area contributed by atoms with Gasteiger partial charge in [-0.05, 0) is 32.0 Å². The topological polar surface area (TPSA) is 45.8 Å². The molecule has 0 atom stereocenters. The maximum absolute atomic E-state index is 11.6. The Kier molecular flexibility index (Phi) is 4.24. The molecule has 0 fully saturated rings. The molecule has 0 bridgehead atoms. The molecule has 18 heavy (non-hydrogen) atoms. The Morgan fingerprint density at radius 1 is 1.39 bits per heavy atom. The SMILES string of the molecule is Cc1nc(CSc2cccc(Br)c2)[nH]c(=O)c1C. The molecule has 2 aromatic rings. The number of H-pyrrole nitrogens is 1. The summed E-state index contributed by atoms with van der Waals surface area (Å²) < 4.78 is 1.05. The predicted octanol–water partition coefficient (Wildman–Crippen LogP) is 3.44. The standard InChI is InChI=1S/C13H13BrN2OS/c1-8-9(2)15-12(16-13(8)17)7-18-11-5-3-4-10(14)6-11/h3-6H,7H2,1-2H3,(H,15,16,17). The molecule has 0 unspecified atom stereocenters. The van der Waals surface area contributed by atoms with Gasteiger partial charge in [-0.1, -0.05) is 22.0 Å². The quantitative estimate of drug-likeness (QED) is 0.879. The fraction of sp³-hybridized carbons (Fsp3) is 0.231. The fourth-order valence-corrected chi connectivity index (χ4v) is 2.86. The molecule has 1 aromatic carbocycles. The molecule has 1 N–H and O–H groups in total. The maximum atomic E-state index is 11.6. The zero-order valence-corrected chi connectivity index (χ0v) is 12.6. The van der Waals surface area contributed by atoms with Crippen LogP contribution in [0.3, 0.4) is 0 Å². The van der Waals surface area contributed by atoms with E-state index in [2.05, 4.69) is 25.9 Å². The first-order valence-electron chi connectivity index (χ1n) is 5.51. The van der Waals surface area contributed by atoms with Crippen molar-refractivity contribution in [2.45, 2.75) is 24.5 Å². The number of rotatable bonds is 3. The van der Waals surface area contributed by atoms with Gasteiger partial charge < -0.3 is 4.98 Å². The van der Waals surface area contributed by atoms with Crippen LogP contribution in [-0.4, -0.2) is 9.97 Å². The molecule has 1 aromatic heterocycles. The van der Waals surface area contributed by atoms with Gasteiger partial charge in [-0.25, -0.2) is 4.98 Å². The highest BCUT2D eigenvalue weighted by molar-refractivity contribution is 9.10. The normalized spacial score (nSPS) is 10.6. The van der Waals surface area contributed by atoms with Crippen molar-refractivity contribution in [2.75, 3.05) is 0 Å². The van der Waals surface area contributed by atoms with Crippen LogP contribution < -0.4 is 5.56 Å². The van der Waals surface area contributed by atoms with Gasteiger partial charge >= 0.3 is 0 Å². The molecule has 5 heteroatoms. The minimum absolute atomic E-state index is 0.0488. The summed E-state index contributed by atoms with van der Waals surface area (Å²) in [6.07, 6.45) is 0. The molecule has 1 heterocycles. The van der Waals surface area contributed by atoms with Crippen molar-refractivity contribution >= 4 is 27.7 Å². The Bertz CT molecular complexity index is 625. The van der Waals surface area contributed by atoms with Crippen LogP contribution in [0.25, 0.3) is 0 Å². The van der Waals surface area contributed by atoms with Crippen LogP contribution in [0.4, 0.5) is 0 Å². The van der Waals surface area contributed by atoms with Crippen molar-refractivity contribution in [3.8, 4) is 0 Å². The first kappa shape index (κ1) is 13.4. The fourth-order valence-electron chi connectivity index (χ4n) is 1.48. The van der Waals surface area contributed by atoms with E-state index >= 15 is 0 Å². The van der Waals surface area contributed by atoms with Gasteiger partial charge in [0.25, 0.3) is 5.56 Å². The summed E-state index contributed by atoms with van der Waals surface area (Å²) in [6.45, 7) is 3.64. The molecule has 2 rings (SSSR count). The van der Waals surface area contributed by atoms with Crippen molar-refractivity contribution in [3.63, 3.8) is 0 Å². The smallest absolute Gasteiger partial charge is 0.254 e. The second-order valence-electron chi connectivity index (χ2n) is 3.97. The Morgan fingerprint density at radius 2 is 2.17 bits per heavy atom. The van der Waals surface area contributed by atoms with Crippen LogP contribution in [0.2, 0.25) is 0 Å². The average molecular weight is 325 g/mol. The molecule has 0 saturated heterocycles. The van der Waals surface area contributed by atoms with Crippen molar-refractivity contribution in [3.05, 3.63) is 56.2 Å². The summed E-state index contributed by atoms with van der Waals surface area (Å²) in [7, 11) is 0. The van der Waals surface area contributed by atoms with E-state index in [-0.39, 0.29) is 5.56 Å². The Morgan fingerprint density at radius 3 is 2.83 bits per heavy atom. The number of hydrogen-bond donors (Lipinski definition) is 1. The summed E-state index contributed by atoms with van der Waals surface area (Å²) in [4.78, 5) is 19.9. The molecule has 0 amide bonds. The molecule has 0 aliphatic carbocycles. The van der Waals surface area contributed by atoms with Crippen LogP contribution in [0.5, 0.6) is 0 Å². The largest absolute Gasteiger partial charge is 0.310 e. The summed E-state index contributed by atoms with van der Waals surface area (Å²) in [5, 5.41) is 0. The Labute approximate surface area is 118 Å². The average Bonchev–Trinajstić information content (AvgIpc) is 2.33. The second-order valence-corrected chi connectivity index (χ2v) is 5.93. The van der Waals surface area contributed by atoms with Gasteiger partial charge in [0.05, 0.1) is 5.75 Å². The number of aromatic nitrogens is 2. The summed E-state index contributed by atoms with van der Waals surface area (Å²) in [5.41, 5.74) is 1.43. The van der Waals surface area contributed by atoms with Crippen molar-refractivity contribution in [1.82, 2.24) is 9.97 Å². The van der Waals surface area contributed by atoms with Crippen LogP contribution in [0, 0.1) is 13.8 Å². The van der Waals surface area contributed by atoms with E-state index in [1.807, 2.05) is 31.2 Å². The van der Waals surface area contributed by atoms with Crippen molar-refractivity contribution in [1.29, 1.82) is 0 Å². The maximum Gasteiger partial charge on any atom is 0.254 e. The molecule has 0 spiro atoms. The molecule has 0 aliphatic heterocycles. The molecule has 0 saturated carbocycles. The molecule has 0 radical (unpaired) electrons. The summed E-state index contributed by atoms with van der Waals surface area (Å²) >= 11 is 5.08. The number of aromatic amines is 1. The van der Waals surface area contributed by atoms with Crippen LogP contribution in [-0.2, 0) is 5.75 Å². The van der Waals surface area contributed by atoms with Gasteiger partial charge in [-0.3, -0.25) is 4.79 Å². The summed E-state index contributed by atoms with van der Waals surface area (Å²) in [6, 6.07) is 8.06. The highest BCUT2D eigenvalue weighted by atomic mass is 79.9. The van der Waals surface area contributed by atoms with E-state index in [1.165, 1.54) is 0 Å². The molecular weight excluding hydrogens is 312 g/mol. The van der Waals surface area contributed by atoms with Crippen LogP contribution in [0.1, 0.15) is 17.1 Å². The third-order valence-electron chi connectivity index (χ3n) is 2.62. The number of benzene rings is 1. The van der Waals surface area contributed by atoms with Gasteiger partial charge in [0.15, 0.2) is 0 Å². The number of thioether (sulfide) groups is 1. The lowest BCUT2D eigenvalue weighted by Gasteiger charge is -2.04. The Hall–Kier alpha value is -1.07.